The predicted octanol–water partition coefficient (Wildman–Crippen LogP) is 2.45. The zero-order valence-corrected chi connectivity index (χ0v) is 8.13. The van der Waals surface area contributed by atoms with E-state index in [9.17, 15) is 0 Å². The van der Waals surface area contributed by atoms with E-state index >= 15 is 0 Å². The summed E-state index contributed by atoms with van der Waals surface area (Å²) < 4.78 is 5.45. The van der Waals surface area contributed by atoms with Crippen molar-refractivity contribution in [2.75, 3.05) is 12.3 Å². The van der Waals surface area contributed by atoms with Gasteiger partial charge in [0.1, 0.15) is 12.4 Å². The third kappa shape index (κ3) is 2.02. The lowest BCUT2D eigenvalue weighted by Gasteiger charge is -2.10. The third-order valence-corrected chi connectivity index (χ3v) is 2.14. The van der Waals surface area contributed by atoms with Crippen molar-refractivity contribution in [3.63, 3.8) is 0 Å². The van der Waals surface area contributed by atoms with Crippen molar-refractivity contribution in [3.05, 3.63) is 35.9 Å². The van der Waals surface area contributed by atoms with E-state index < -0.39 is 0 Å². The first-order valence-electron chi connectivity index (χ1n) is 4.26. The van der Waals surface area contributed by atoms with Crippen LogP contribution in [0.3, 0.4) is 0 Å². The maximum atomic E-state index is 5.74. The second-order valence-electron chi connectivity index (χ2n) is 3.00. The van der Waals surface area contributed by atoms with Crippen LogP contribution in [-0.2, 0) is 0 Å². The van der Waals surface area contributed by atoms with E-state index in [1.807, 2.05) is 26.0 Å². The summed E-state index contributed by atoms with van der Waals surface area (Å²) in [6.07, 6.45) is 1.73. The summed E-state index contributed by atoms with van der Waals surface area (Å²) in [6.45, 7) is 8.12. The Morgan fingerprint density at radius 3 is 2.69 bits per heavy atom. The van der Waals surface area contributed by atoms with Crippen molar-refractivity contribution in [2.24, 2.45) is 0 Å². The van der Waals surface area contributed by atoms with Crippen LogP contribution in [0.4, 0.5) is 5.69 Å². The van der Waals surface area contributed by atoms with Crippen molar-refractivity contribution in [1.82, 2.24) is 0 Å². The second kappa shape index (κ2) is 3.99. The standard InChI is InChI=1S/C11H15NO/c1-4-7-13-11-6-5-10(12)8(2)9(11)3/h4-6H,1,7,12H2,2-3H3. The van der Waals surface area contributed by atoms with E-state index in [1.54, 1.807) is 6.08 Å². The summed E-state index contributed by atoms with van der Waals surface area (Å²) in [7, 11) is 0. The molecule has 0 bridgehead atoms. The molecular weight excluding hydrogens is 162 g/mol. The van der Waals surface area contributed by atoms with E-state index in [2.05, 4.69) is 6.58 Å². The van der Waals surface area contributed by atoms with Crippen LogP contribution in [0.25, 0.3) is 0 Å². The lowest BCUT2D eigenvalue weighted by molar-refractivity contribution is 0.360. The minimum absolute atomic E-state index is 0.532. The molecule has 0 saturated carbocycles. The second-order valence-corrected chi connectivity index (χ2v) is 3.00. The largest absolute Gasteiger partial charge is 0.489 e. The fraction of sp³-hybridized carbons (Fsp3) is 0.273. The number of ether oxygens (including phenoxy) is 1. The first kappa shape index (κ1) is 9.65. The van der Waals surface area contributed by atoms with Crippen molar-refractivity contribution < 1.29 is 4.74 Å². The van der Waals surface area contributed by atoms with E-state index in [1.165, 1.54) is 0 Å². The summed E-state index contributed by atoms with van der Waals surface area (Å²) in [5, 5.41) is 0. The fourth-order valence-electron chi connectivity index (χ4n) is 1.12. The third-order valence-electron chi connectivity index (χ3n) is 2.14. The van der Waals surface area contributed by atoms with Gasteiger partial charge in [-0.3, -0.25) is 0 Å². The van der Waals surface area contributed by atoms with Crippen LogP contribution >= 0.6 is 0 Å². The summed E-state index contributed by atoms with van der Waals surface area (Å²) >= 11 is 0. The predicted molar refractivity (Wildman–Crippen MR) is 56.0 cm³/mol. The van der Waals surface area contributed by atoms with Crippen LogP contribution in [0, 0.1) is 13.8 Å². The van der Waals surface area contributed by atoms with E-state index in [0.717, 1.165) is 22.6 Å². The molecule has 0 radical (unpaired) electrons. The Morgan fingerprint density at radius 1 is 1.38 bits per heavy atom. The van der Waals surface area contributed by atoms with Gasteiger partial charge in [0.25, 0.3) is 0 Å². The number of benzene rings is 1. The van der Waals surface area contributed by atoms with E-state index in [4.69, 9.17) is 10.5 Å². The van der Waals surface area contributed by atoms with Gasteiger partial charge in [0.05, 0.1) is 0 Å². The highest BCUT2D eigenvalue weighted by Crippen LogP contribution is 2.25. The minimum atomic E-state index is 0.532. The van der Waals surface area contributed by atoms with Crippen molar-refractivity contribution >= 4 is 5.69 Å². The van der Waals surface area contributed by atoms with E-state index in [-0.39, 0.29) is 0 Å². The van der Waals surface area contributed by atoms with Gasteiger partial charge >= 0.3 is 0 Å². The monoisotopic (exact) mass is 177 g/mol. The molecule has 0 unspecified atom stereocenters. The quantitative estimate of drug-likeness (QED) is 0.568. The normalized spacial score (nSPS) is 9.69. The van der Waals surface area contributed by atoms with Crippen molar-refractivity contribution in [2.45, 2.75) is 13.8 Å². The summed E-state index contributed by atoms with van der Waals surface area (Å²) in [5.41, 5.74) is 8.73. The molecule has 1 aromatic rings. The van der Waals surface area contributed by atoms with Gasteiger partial charge in [0.2, 0.25) is 0 Å². The molecule has 0 atom stereocenters. The Kier molecular flexibility index (Phi) is 2.96. The molecule has 0 aromatic heterocycles. The average molecular weight is 177 g/mol. The lowest BCUT2D eigenvalue weighted by Crippen LogP contribution is -1.99. The van der Waals surface area contributed by atoms with Crippen molar-refractivity contribution in [3.8, 4) is 5.75 Å². The number of hydrogen-bond acceptors (Lipinski definition) is 2. The molecule has 2 nitrogen and oxygen atoms in total. The molecule has 1 aromatic carbocycles. The highest BCUT2D eigenvalue weighted by molar-refractivity contribution is 5.55. The molecular formula is C11H15NO. The zero-order chi connectivity index (χ0) is 9.84. The first-order chi connectivity index (χ1) is 6.16. The molecule has 2 N–H and O–H groups in total. The molecule has 1 rings (SSSR count). The SMILES string of the molecule is C=CCOc1ccc(N)c(C)c1C. The number of anilines is 1. The molecule has 0 aliphatic heterocycles. The molecule has 2 heteroatoms. The summed E-state index contributed by atoms with van der Waals surface area (Å²) in [4.78, 5) is 0. The molecule has 0 aliphatic rings. The molecule has 0 heterocycles. The fourth-order valence-corrected chi connectivity index (χ4v) is 1.12. The van der Waals surface area contributed by atoms with Crippen LogP contribution in [0.15, 0.2) is 24.8 Å². The van der Waals surface area contributed by atoms with Crippen LogP contribution in [0.5, 0.6) is 5.75 Å². The van der Waals surface area contributed by atoms with Crippen LogP contribution < -0.4 is 10.5 Å². The molecule has 0 saturated heterocycles. The zero-order valence-electron chi connectivity index (χ0n) is 8.13. The molecule has 0 amide bonds. The average Bonchev–Trinajstić information content (AvgIpc) is 2.13. The van der Waals surface area contributed by atoms with Gasteiger partial charge in [0.15, 0.2) is 0 Å². The Labute approximate surface area is 79.0 Å². The van der Waals surface area contributed by atoms with Gasteiger partial charge < -0.3 is 10.5 Å². The molecule has 13 heavy (non-hydrogen) atoms. The summed E-state index contributed by atoms with van der Waals surface area (Å²) in [5.74, 6) is 0.881. The van der Waals surface area contributed by atoms with Gasteiger partial charge in [-0.2, -0.15) is 0 Å². The first-order valence-corrected chi connectivity index (χ1v) is 4.26. The number of hydrogen-bond donors (Lipinski definition) is 1. The maximum absolute atomic E-state index is 5.74. The van der Waals surface area contributed by atoms with Gasteiger partial charge in [-0.25, -0.2) is 0 Å². The molecule has 0 aliphatic carbocycles. The van der Waals surface area contributed by atoms with Gasteiger partial charge in [-0.1, -0.05) is 12.7 Å². The number of rotatable bonds is 3. The Balaban J connectivity index is 2.96. The topological polar surface area (TPSA) is 35.2 Å². The molecule has 0 spiro atoms. The minimum Gasteiger partial charge on any atom is -0.489 e. The van der Waals surface area contributed by atoms with Crippen LogP contribution in [-0.4, -0.2) is 6.61 Å². The Hall–Kier alpha value is -1.44. The van der Waals surface area contributed by atoms with E-state index in [0.29, 0.717) is 6.61 Å². The Morgan fingerprint density at radius 2 is 2.08 bits per heavy atom. The highest BCUT2D eigenvalue weighted by Gasteiger charge is 2.03. The molecule has 0 fully saturated rings. The smallest absolute Gasteiger partial charge is 0.123 e. The number of nitrogen functional groups attached to an aromatic ring is 1. The molecule has 70 valence electrons. The van der Waals surface area contributed by atoms with Gasteiger partial charge in [0, 0.05) is 5.69 Å². The highest BCUT2D eigenvalue weighted by atomic mass is 16.5. The van der Waals surface area contributed by atoms with Crippen LogP contribution in [0.2, 0.25) is 0 Å². The summed E-state index contributed by atoms with van der Waals surface area (Å²) in [6, 6.07) is 3.75. The number of nitrogens with two attached hydrogens (primary N) is 1. The van der Waals surface area contributed by atoms with Crippen LogP contribution in [0.1, 0.15) is 11.1 Å². The Bertz CT molecular complexity index is 318. The van der Waals surface area contributed by atoms with Gasteiger partial charge in [-0.15, -0.1) is 0 Å². The van der Waals surface area contributed by atoms with Crippen molar-refractivity contribution in [1.29, 1.82) is 0 Å². The maximum Gasteiger partial charge on any atom is 0.123 e. The van der Waals surface area contributed by atoms with Gasteiger partial charge in [-0.05, 0) is 37.1 Å². The lowest BCUT2D eigenvalue weighted by atomic mass is 10.1.